The summed E-state index contributed by atoms with van der Waals surface area (Å²) in [4.78, 5) is 11.8. The van der Waals surface area contributed by atoms with Crippen LogP contribution in [0.15, 0.2) is 0 Å². The van der Waals surface area contributed by atoms with E-state index in [0.717, 1.165) is 19.4 Å². The summed E-state index contributed by atoms with van der Waals surface area (Å²) >= 11 is 0. The van der Waals surface area contributed by atoms with E-state index in [-0.39, 0.29) is 17.5 Å². The van der Waals surface area contributed by atoms with Gasteiger partial charge in [0.25, 0.3) is 0 Å². The summed E-state index contributed by atoms with van der Waals surface area (Å²) in [6.45, 7) is 13.3. The van der Waals surface area contributed by atoms with E-state index in [1.807, 2.05) is 6.92 Å². The number of nitrogens with one attached hydrogen (secondary N) is 2. The third-order valence-corrected chi connectivity index (χ3v) is 2.56. The first-order chi connectivity index (χ1) is 7.28. The zero-order chi connectivity index (χ0) is 12.8. The monoisotopic (exact) mass is 228 g/mol. The molecule has 0 aromatic carbocycles. The van der Waals surface area contributed by atoms with Crippen molar-refractivity contribution < 1.29 is 4.79 Å². The molecule has 16 heavy (non-hydrogen) atoms. The Morgan fingerprint density at radius 1 is 1.25 bits per heavy atom. The zero-order valence-corrected chi connectivity index (χ0v) is 11.7. The summed E-state index contributed by atoms with van der Waals surface area (Å²) in [7, 11) is 0. The van der Waals surface area contributed by atoms with Crippen LogP contribution in [-0.4, -0.2) is 24.0 Å². The van der Waals surface area contributed by atoms with Crippen LogP contribution in [0.1, 0.15) is 54.4 Å². The van der Waals surface area contributed by atoms with Crippen molar-refractivity contribution in [2.45, 2.75) is 66.0 Å². The Morgan fingerprint density at radius 2 is 1.81 bits per heavy atom. The average molecular weight is 228 g/mol. The van der Waals surface area contributed by atoms with Gasteiger partial charge in [-0.2, -0.15) is 0 Å². The first-order valence-corrected chi connectivity index (χ1v) is 6.34. The summed E-state index contributed by atoms with van der Waals surface area (Å²) in [6.07, 6.45) is 2.20. The number of rotatable bonds is 7. The van der Waals surface area contributed by atoms with Crippen LogP contribution < -0.4 is 10.6 Å². The van der Waals surface area contributed by atoms with Crippen LogP contribution in [0, 0.1) is 5.92 Å². The Balaban J connectivity index is 4.04. The topological polar surface area (TPSA) is 41.1 Å². The zero-order valence-electron chi connectivity index (χ0n) is 11.7. The van der Waals surface area contributed by atoms with Crippen LogP contribution in [0.3, 0.4) is 0 Å². The maximum absolute atomic E-state index is 11.8. The highest BCUT2D eigenvalue weighted by Crippen LogP contribution is 2.11. The first kappa shape index (κ1) is 15.4. The smallest absolute Gasteiger partial charge is 0.236 e. The van der Waals surface area contributed by atoms with Gasteiger partial charge in [-0.05, 0) is 33.1 Å². The molecule has 0 rings (SSSR count). The first-order valence-electron chi connectivity index (χ1n) is 6.34. The van der Waals surface area contributed by atoms with Crippen LogP contribution in [0.2, 0.25) is 0 Å². The fourth-order valence-corrected chi connectivity index (χ4v) is 1.81. The van der Waals surface area contributed by atoms with Crippen molar-refractivity contribution in [2.24, 2.45) is 5.92 Å². The van der Waals surface area contributed by atoms with Gasteiger partial charge >= 0.3 is 0 Å². The Bertz CT molecular complexity index is 212. The third-order valence-electron chi connectivity index (χ3n) is 2.56. The predicted molar refractivity (Wildman–Crippen MR) is 69.4 cm³/mol. The van der Waals surface area contributed by atoms with Crippen molar-refractivity contribution in [3.8, 4) is 0 Å². The minimum absolute atomic E-state index is 0.0311. The highest BCUT2D eigenvalue weighted by Gasteiger charge is 2.22. The molecule has 0 saturated carbocycles. The van der Waals surface area contributed by atoms with Crippen LogP contribution in [0.5, 0.6) is 0 Å². The number of carbonyl (C=O) groups is 1. The Labute approximate surface area is 100 Å². The van der Waals surface area contributed by atoms with E-state index in [0.29, 0.717) is 5.92 Å². The molecule has 3 nitrogen and oxygen atoms in total. The van der Waals surface area contributed by atoms with Gasteiger partial charge in [0.15, 0.2) is 0 Å². The molecule has 0 aliphatic rings. The van der Waals surface area contributed by atoms with E-state index in [2.05, 4.69) is 45.3 Å². The molecule has 0 aliphatic carbocycles. The molecule has 1 amide bonds. The van der Waals surface area contributed by atoms with Crippen molar-refractivity contribution in [2.75, 3.05) is 6.54 Å². The number of hydrogen-bond acceptors (Lipinski definition) is 2. The van der Waals surface area contributed by atoms with Crippen molar-refractivity contribution in [1.29, 1.82) is 0 Å². The minimum Gasteiger partial charge on any atom is -0.354 e. The van der Waals surface area contributed by atoms with Gasteiger partial charge in [0.1, 0.15) is 0 Å². The van der Waals surface area contributed by atoms with E-state index >= 15 is 0 Å². The van der Waals surface area contributed by atoms with Crippen LogP contribution >= 0.6 is 0 Å². The fraction of sp³-hybridized carbons (Fsp3) is 0.923. The van der Waals surface area contributed by atoms with Crippen LogP contribution in [-0.2, 0) is 4.79 Å². The lowest BCUT2D eigenvalue weighted by Gasteiger charge is -2.29. The summed E-state index contributed by atoms with van der Waals surface area (Å²) in [6, 6.07) is -0.125. The maximum Gasteiger partial charge on any atom is 0.236 e. The SMILES string of the molecule is CCCC(C)(C)NC(C)C(=O)NCC(C)C. The Hall–Kier alpha value is -0.570. The molecule has 1 unspecified atom stereocenters. The van der Waals surface area contributed by atoms with E-state index in [4.69, 9.17) is 0 Å². The number of carbonyl (C=O) groups excluding carboxylic acids is 1. The summed E-state index contributed by atoms with van der Waals surface area (Å²) in [5.41, 5.74) is 0.0311. The molecule has 0 heterocycles. The highest BCUT2D eigenvalue weighted by atomic mass is 16.2. The summed E-state index contributed by atoms with van der Waals surface area (Å²) in [5.74, 6) is 0.595. The van der Waals surface area contributed by atoms with Gasteiger partial charge in [0, 0.05) is 12.1 Å². The van der Waals surface area contributed by atoms with E-state index in [1.165, 1.54) is 0 Å². The predicted octanol–water partition coefficient (Wildman–Crippen LogP) is 2.32. The van der Waals surface area contributed by atoms with Crippen molar-refractivity contribution >= 4 is 5.91 Å². The third kappa shape index (κ3) is 6.83. The van der Waals surface area contributed by atoms with Gasteiger partial charge in [-0.25, -0.2) is 0 Å². The molecule has 0 aromatic heterocycles. The van der Waals surface area contributed by atoms with E-state index < -0.39 is 0 Å². The molecule has 3 heteroatoms. The second kappa shape index (κ2) is 6.89. The fourth-order valence-electron chi connectivity index (χ4n) is 1.81. The summed E-state index contributed by atoms with van der Waals surface area (Å²) < 4.78 is 0. The van der Waals surface area contributed by atoms with Gasteiger partial charge in [0.05, 0.1) is 6.04 Å². The standard InChI is InChI=1S/C13H28N2O/c1-7-8-13(5,6)15-11(4)12(16)14-9-10(2)3/h10-11,15H,7-9H2,1-6H3,(H,14,16). The van der Waals surface area contributed by atoms with Crippen molar-refractivity contribution in [3.63, 3.8) is 0 Å². The van der Waals surface area contributed by atoms with Crippen molar-refractivity contribution in [1.82, 2.24) is 10.6 Å². The molecule has 0 saturated heterocycles. The lowest BCUT2D eigenvalue weighted by atomic mass is 9.97. The average Bonchev–Trinajstić information content (AvgIpc) is 2.12. The van der Waals surface area contributed by atoms with E-state index in [1.54, 1.807) is 0 Å². The molecule has 0 bridgehead atoms. The quantitative estimate of drug-likeness (QED) is 0.702. The van der Waals surface area contributed by atoms with E-state index in [9.17, 15) is 4.79 Å². The second-order valence-corrected chi connectivity index (χ2v) is 5.64. The van der Waals surface area contributed by atoms with Gasteiger partial charge < -0.3 is 10.6 Å². The largest absolute Gasteiger partial charge is 0.354 e. The molecule has 0 radical (unpaired) electrons. The lowest BCUT2D eigenvalue weighted by molar-refractivity contribution is -0.123. The molecule has 0 fully saturated rings. The molecular weight excluding hydrogens is 200 g/mol. The van der Waals surface area contributed by atoms with Crippen LogP contribution in [0.4, 0.5) is 0 Å². The normalized spacial score (nSPS) is 13.9. The molecule has 96 valence electrons. The molecule has 1 atom stereocenters. The van der Waals surface area contributed by atoms with Crippen molar-refractivity contribution in [3.05, 3.63) is 0 Å². The molecule has 2 N–H and O–H groups in total. The minimum atomic E-state index is -0.125. The van der Waals surface area contributed by atoms with Gasteiger partial charge in [-0.3, -0.25) is 4.79 Å². The second-order valence-electron chi connectivity index (χ2n) is 5.64. The Morgan fingerprint density at radius 3 is 2.25 bits per heavy atom. The number of amides is 1. The Kier molecular flexibility index (Phi) is 6.65. The summed E-state index contributed by atoms with van der Waals surface area (Å²) in [5, 5.41) is 6.31. The van der Waals surface area contributed by atoms with Gasteiger partial charge in [-0.1, -0.05) is 27.2 Å². The van der Waals surface area contributed by atoms with Gasteiger partial charge in [0.2, 0.25) is 5.91 Å². The maximum atomic E-state index is 11.8. The van der Waals surface area contributed by atoms with Crippen LogP contribution in [0.25, 0.3) is 0 Å². The molecule has 0 spiro atoms. The molecular formula is C13H28N2O. The number of hydrogen-bond donors (Lipinski definition) is 2. The molecule has 0 aliphatic heterocycles. The van der Waals surface area contributed by atoms with Gasteiger partial charge in [-0.15, -0.1) is 0 Å². The molecule has 0 aromatic rings. The highest BCUT2D eigenvalue weighted by molar-refractivity contribution is 5.81. The lowest BCUT2D eigenvalue weighted by Crippen LogP contribution is -2.51.